The molecule has 4 N–H and O–H groups in total. The first-order valence-corrected chi connectivity index (χ1v) is 8.42. The third-order valence-corrected chi connectivity index (χ3v) is 5.16. The summed E-state index contributed by atoms with van der Waals surface area (Å²) in [5.41, 5.74) is -0.0587. The molecule has 5 atom stereocenters. The Balaban J connectivity index is 1.81. The molecule has 24 heavy (non-hydrogen) atoms. The van der Waals surface area contributed by atoms with Crippen LogP contribution in [0.2, 0.25) is 0 Å². The number of aliphatic hydroxyl groups excluding tert-OH is 3. The molecule has 2 aliphatic rings. The molecule has 4 heterocycles. The topological polar surface area (TPSA) is 135 Å². The maximum Gasteiger partial charge on any atom is 0.285 e. The zero-order valence-corrected chi connectivity index (χ0v) is 14.0. The summed E-state index contributed by atoms with van der Waals surface area (Å²) in [6, 6.07) is 0. The molecule has 0 amide bonds. The molecule has 130 valence electrons. The van der Waals surface area contributed by atoms with Crippen molar-refractivity contribution in [2.24, 2.45) is 0 Å². The lowest BCUT2D eigenvalue weighted by molar-refractivity contribution is -0.0432. The molecule has 0 aromatic carbocycles. The van der Waals surface area contributed by atoms with Crippen LogP contribution in [0.3, 0.4) is 0 Å². The Morgan fingerprint density at radius 2 is 2.25 bits per heavy atom. The van der Waals surface area contributed by atoms with E-state index in [1.54, 1.807) is 4.57 Å². The number of aromatic nitrogens is 4. The molecule has 11 heteroatoms. The highest BCUT2D eigenvalue weighted by molar-refractivity contribution is 9.09. The summed E-state index contributed by atoms with van der Waals surface area (Å²) in [5.74, 6) is 0.245. The van der Waals surface area contributed by atoms with E-state index in [-0.39, 0.29) is 29.3 Å². The Hall–Kier alpha value is -1.53. The molecule has 0 spiro atoms. The molecular weight excluding hydrogens is 386 g/mol. The highest BCUT2D eigenvalue weighted by atomic mass is 79.9. The van der Waals surface area contributed by atoms with Gasteiger partial charge in [0.2, 0.25) is 5.95 Å². The van der Waals surface area contributed by atoms with Crippen molar-refractivity contribution < 1.29 is 20.1 Å². The predicted octanol–water partition coefficient (Wildman–Crippen LogP) is -1.09. The Bertz CT molecular complexity index is 838. The predicted molar refractivity (Wildman–Crippen MR) is 85.9 cm³/mol. The van der Waals surface area contributed by atoms with Gasteiger partial charge in [-0.2, -0.15) is 4.98 Å². The Labute approximate surface area is 143 Å². The van der Waals surface area contributed by atoms with Crippen LogP contribution in [0.4, 0.5) is 5.95 Å². The summed E-state index contributed by atoms with van der Waals surface area (Å²) < 4.78 is 8.31. The molecule has 1 saturated heterocycles. The minimum Gasteiger partial charge on any atom is -0.394 e. The first-order valence-electron chi connectivity index (χ1n) is 7.50. The summed E-state index contributed by atoms with van der Waals surface area (Å²) in [4.78, 5) is 20.8. The molecule has 4 rings (SSSR count). The molecule has 0 aliphatic carbocycles. The molecule has 0 unspecified atom stereocenters. The van der Waals surface area contributed by atoms with E-state index in [0.29, 0.717) is 12.2 Å². The van der Waals surface area contributed by atoms with Gasteiger partial charge in [-0.3, -0.25) is 9.36 Å². The van der Waals surface area contributed by atoms with Gasteiger partial charge in [0, 0.05) is 13.0 Å². The number of aliphatic hydroxyl groups is 3. The standard InChI is InChI=1S/C13H16BrN5O5/c14-5-2-15-13-17-10-9(12(23)19(13)11(5)22)16-4-18(10)8-1-6(21)7(3-20)24-8/h4-8,11,20-22H,1-3H2,(H,15,17)/t5-,6+,7-,8-,11+/m1/s1. The number of imidazole rings is 1. The number of hydrogen-bond donors (Lipinski definition) is 4. The second-order valence-corrected chi connectivity index (χ2v) is 7.04. The summed E-state index contributed by atoms with van der Waals surface area (Å²) in [7, 11) is 0. The number of nitrogens with zero attached hydrogens (tertiary/aromatic N) is 4. The fourth-order valence-electron chi connectivity index (χ4n) is 3.07. The fourth-order valence-corrected chi connectivity index (χ4v) is 3.47. The molecule has 10 nitrogen and oxygen atoms in total. The number of alkyl halides is 1. The number of nitrogens with one attached hydrogen (secondary N) is 1. The van der Waals surface area contributed by atoms with Gasteiger partial charge in [0.1, 0.15) is 12.3 Å². The van der Waals surface area contributed by atoms with Crippen LogP contribution in [0.15, 0.2) is 11.1 Å². The van der Waals surface area contributed by atoms with Crippen molar-refractivity contribution in [3.05, 3.63) is 16.7 Å². The molecule has 2 aromatic heterocycles. The average Bonchev–Trinajstić information content (AvgIpc) is 3.14. The van der Waals surface area contributed by atoms with Crippen molar-refractivity contribution in [3.63, 3.8) is 0 Å². The van der Waals surface area contributed by atoms with E-state index in [9.17, 15) is 20.1 Å². The first kappa shape index (κ1) is 16.0. The van der Waals surface area contributed by atoms with Crippen LogP contribution in [0, 0.1) is 0 Å². The van der Waals surface area contributed by atoms with E-state index in [1.807, 2.05) is 0 Å². The summed E-state index contributed by atoms with van der Waals surface area (Å²) >= 11 is 3.30. The van der Waals surface area contributed by atoms with Crippen LogP contribution >= 0.6 is 15.9 Å². The number of rotatable bonds is 2. The van der Waals surface area contributed by atoms with Crippen LogP contribution < -0.4 is 10.9 Å². The lowest BCUT2D eigenvalue weighted by Gasteiger charge is -2.28. The van der Waals surface area contributed by atoms with Gasteiger partial charge in [0.05, 0.1) is 23.9 Å². The SMILES string of the molecule is O=c1c2ncn([C@H]3C[C@H](O)[C@@H](CO)O3)c2nc2n1[C@@H](O)[C@H](Br)CN2. The zero-order valence-electron chi connectivity index (χ0n) is 12.4. The number of hydrogen-bond acceptors (Lipinski definition) is 8. The maximum atomic E-state index is 12.6. The van der Waals surface area contributed by atoms with Crippen molar-refractivity contribution in [2.45, 2.75) is 35.9 Å². The molecule has 0 saturated carbocycles. The third-order valence-electron chi connectivity index (χ3n) is 4.37. The van der Waals surface area contributed by atoms with Crippen molar-refractivity contribution in [1.82, 2.24) is 19.1 Å². The van der Waals surface area contributed by atoms with Crippen molar-refractivity contribution in [3.8, 4) is 0 Å². The summed E-state index contributed by atoms with van der Waals surface area (Å²) in [6.07, 6.45) is -1.42. The number of fused-ring (bicyclic) bond motifs is 2. The van der Waals surface area contributed by atoms with Crippen LogP contribution in [0.25, 0.3) is 11.2 Å². The Morgan fingerprint density at radius 1 is 1.46 bits per heavy atom. The van der Waals surface area contributed by atoms with Gasteiger partial charge in [-0.05, 0) is 0 Å². The maximum absolute atomic E-state index is 12.6. The van der Waals surface area contributed by atoms with E-state index in [0.717, 1.165) is 4.57 Å². The highest BCUT2D eigenvalue weighted by Crippen LogP contribution is 2.31. The van der Waals surface area contributed by atoms with E-state index in [2.05, 4.69) is 31.2 Å². The van der Waals surface area contributed by atoms with Gasteiger partial charge in [-0.15, -0.1) is 0 Å². The molecule has 2 aromatic rings. The van der Waals surface area contributed by atoms with E-state index < -0.39 is 30.2 Å². The Morgan fingerprint density at radius 3 is 2.96 bits per heavy atom. The summed E-state index contributed by atoms with van der Waals surface area (Å²) in [5, 5.41) is 32.3. The number of halogens is 1. The second kappa shape index (κ2) is 5.77. The molecular formula is C13H16BrN5O5. The van der Waals surface area contributed by atoms with E-state index in [1.165, 1.54) is 6.33 Å². The molecule has 2 aliphatic heterocycles. The van der Waals surface area contributed by atoms with Crippen LogP contribution in [-0.4, -0.2) is 64.6 Å². The van der Waals surface area contributed by atoms with Crippen LogP contribution in [-0.2, 0) is 4.74 Å². The van der Waals surface area contributed by atoms with Gasteiger partial charge in [-0.1, -0.05) is 15.9 Å². The van der Waals surface area contributed by atoms with Crippen molar-refractivity contribution >= 4 is 33.0 Å². The lowest BCUT2D eigenvalue weighted by Crippen LogP contribution is -2.40. The van der Waals surface area contributed by atoms with Crippen molar-refractivity contribution in [1.29, 1.82) is 0 Å². The van der Waals surface area contributed by atoms with Crippen molar-refractivity contribution in [2.75, 3.05) is 18.5 Å². The van der Waals surface area contributed by atoms with Gasteiger partial charge in [0.15, 0.2) is 17.4 Å². The van der Waals surface area contributed by atoms with Gasteiger partial charge >= 0.3 is 0 Å². The largest absolute Gasteiger partial charge is 0.394 e. The quantitative estimate of drug-likeness (QED) is 0.466. The molecule has 0 radical (unpaired) electrons. The minimum absolute atomic E-state index is 0.103. The normalized spacial score (nSPS) is 32.8. The Kier molecular flexibility index (Phi) is 3.84. The highest BCUT2D eigenvalue weighted by Gasteiger charge is 2.36. The number of anilines is 1. The zero-order chi connectivity index (χ0) is 17.0. The number of ether oxygens (including phenoxy) is 1. The summed E-state index contributed by atoms with van der Waals surface area (Å²) in [6.45, 7) is 0.120. The fraction of sp³-hybridized carbons (Fsp3) is 0.615. The lowest BCUT2D eigenvalue weighted by atomic mass is 10.2. The second-order valence-electron chi connectivity index (χ2n) is 5.86. The van der Waals surface area contributed by atoms with Gasteiger partial charge in [0.25, 0.3) is 5.56 Å². The smallest absolute Gasteiger partial charge is 0.285 e. The monoisotopic (exact) mass is 401 g/mol. The van der Waals surface area contributed by atoms with Crippen LogP contribution in [0.5, 0.6) is 0 Å². The van der Waals surface area contributed by atoms with Gasteiger partial charge in [-0.25, -0.2) is 9.55 Å². The minimum atomic E-state index is -1.04. The van der Waals surface area contributed by atoms with Crippen LogP contribution in [0.1, 0.15) is 18.9 Å². The van der Waals surface area contributed by atoms with E-state index >= 15 is 0 Å². The van der Waals surface area contributed by atoms with E-state index in [4.69, 9.17) is 4.74 Å². The van der Waals surface area contributed by atoms with Gasteiger partial charge < -0.3 is 25.4 Å². The molecule has 1 fully saturated rings. The first-order chi connectivity index (χ1) is 11.5. The average molecular weight is 402 g/mol. The third kappa shape index (κ3) is 2.27. The molecule has 0 bridgehead atoms.